The summed E-state index contributed by atoms with van der Waals surface area (Å²) in [6.07, 6.45) is 5.45. The third kappa shape index (κ3) is 4.20. The summed E-state index contributed by atoms with van der Waals surface area (Å²) in [6, 6.07) is 14.8. The van der Waals surface area contributed by atoms with Crippen molar-refractivity contribution in [3.8, 4) is 11.5 Å². The van der Waals surface area contributed by atoms with Crippen molar-refractivity contribution in [3.63, 3.8) is 0 Å². The van der Waals surface area contributed by atoms with Crippen LogP contribution in [0.4, 0.5) is 0 Å². The zero-order valence-electron chi connectivity index (χ0n) is 12.4. The number of imidazole rings is 1. The van der Waals surface area contributed by atoms with Crippen LogP contribution < -0.4 is 4.74 Å². The number of nitrogens with zero attached hydrogens (tertiary/aromatic N) is 2. The summed E-state index contributed by atoms with van der Waals surface area (Å²) >= 11 is 6.06. The van der Waals surface area contributed by atoms with Gasteiger partial charge in [-0.1, -0.05) is 35.9 Å². The van der Waals surface area contributed by atoms with E-state index in [9.17, 15) is 4.79 Å². The van der Waals surface area contributed by atoms with E-state index in [2.05, 4.69) is 4.98 Å². The van der Waals surface area contributed by atoms with Crippen LogP contribution >= 0.6 is 11.6 Å². The van der Waals surface area contributed by atoms with Gasteiger partial charge in [-0.25, -0.2) is 4.98 Å². The quantitative estimate of drug-likeness (QED) is 0.683. The van der Waals surface area contributed by atoms with Crippen molar-refractivity contribution in [2.45, 2.75) is 13.0 Å². The molecule has 0 saturated carbocycles. The molecule has 0 aliphatic rings. The Labute approximate surface area is 139 Å². The number of hydrogen-bond donors (Lipinski definition) is 0. The van der Waals surface area contributed by atoms with Crippen LogP contribution in [-0.2, 0) is 17.8 Å². The SMILES string of the molecule is O=C(Cc1ccc(Oc2ccccc2Cl)cc1)Cn1ccnc1. The number of aromatic nitrogens is 2. The second-order valence-corrected chi connectivity index (χ2v) is 5.53. The van der Waals surface area contributed by atoms with Crippen LogP contribution in [0, 0.1) is 0 Å². The number of benzene rings is 2. The number of ketones is 1. The van der Waals surface area contributed by atoms with E-state index < -0.39 is 0 Å². The predicted octanol–water partition coefficient (Wildman–Crippen LogP) is 4.14. The lowest BCUT2D eigenvalue weighted by atomic mass is 10.1. The second-order valence-electron chi connectivity index (χ2n) is 5.13. The van der Waals surface area contributed by atoms with E-state index in [1.165, 1.54) is 0 Å². The smallest absolute Gasteiger partial charge is 0.156 e. The minimum absolute atomic E-state index is 0.128. The Hall–Kier alpha value is -2.59. The Morgan fingerprint density at radius 3 is 2.61 bits per heavy atom. The van der Waals surface area contributed by atoms with Gasteiger partial charge in [0.15, 0.2) is 5.78 Å². The minimum Gasteiger partial charge on any atom is -0.456 e. The van der Waals surface area contributed by atoms with Gasteiger partial charge in [-0.2, -0.15) is 0 Å². The Kier molecular flexibility index (Phi) is 4.74. The largest absolute Gasteiger partial charge is 0.456 e. The third-order valence-electron chi connectivity index (χ3n) is 3.31. The molecule has 0 unspecified atom stereocenters. The number of carbonyl (C=O) groups excluding carboxylic acids is 1. The Morgan fingerprint density at radius 2 is 1.91 bits per heavy atom. The normalized spacial score (nSPS) is 10.5. The number of Topliss-reactive ketones (excluding diaryl/α,β-unsaturated/α-hetero) is 1. The lowest BCUT2D eigenvalue weighted by molar-refractivity contribution is -0.119. The monoisotopic (exact) mass is 326 g/mol. The van der Waals surface area contributed by atoms with Gasteiger partial charge in [0.25, 0.3) is 0 Å². The number of halogens is 1. The highest BCUT2D eigenvalue weighted by atomic mass is 35.5. The summed E-state index contributed by atoms with van der Waals surface area (Å²) in [5.41, 5.74) is 0.946. The molecule has 3 rings (SSSR count). The van der Waals surface area contributed by atoms with Crippen LogP contribution in [0.15, 0.2) is 67.3 Å². The van der Waals surface area contributed by atoms with E-state index in [1.807, 2.05) is 42.5 Å². The van der Waals surface area contributed by atoms with Gasteiger partial charge in [-0.15, -0.1) is 0 Å². The number of carbonyl (C=O) groups is 1. The molecule has 23 heavy (non-hydrogen) atoms. The number of para-hydroxylation sites is 1. The molecule has 116 valence electrons. The lowest BCUT2D eigenvalue weighted by Crippen LogP contribution is -2.11. The van der Waals surface area contributed by atoms with E-state index in [4.69, 9.17) is 16.3 Å². The zero-order chi connectivity index (χ0) is 16.1. The molecule has 4 nitrogen and oxygen atoms in total. The summed E-state index contributed by atoms with van der Waals surface area (Å²) in [6.45, 7) is 0.331. The van der Waals surface area contributed by atoms with Gasteiger partial charge < -0.3 is 9.30 Å². The fraction of sp³-hybridized carbons (Fsp3) is 0.111. The molecular formula is C18H15ClN2O2. The van der Waals surface area contributed by atoms with Gasteiger partial charge in [0.2, 0.25) is 0 Å². The highest BCUT2D eigenvalue weighted by molar-refractivity contribution is 6.32. The van der Waals surface area contributed by atoms with Crippen LogP contribution in [0.3, 0.4) is 0 Å². The van der Waals surface area contributed by atoms with Crippen molar-refractivity contribution in [2.24, 2.45) is 0 Å². The standard InChI is InChI=1S/C18H15ClN2O2/c19-17-3-1-2-4-18(17)23-16-7-5-14(6-8-16)11-15(22)12-21-10-9-20-13-21/h1-10,13H,11-12H2. The highest BCUT2D eigenvalue weighted by Gasteiger charge is 2.06. The lowest BCUT2D eigenvalue weighted by Gasteiger charge is -2.08. The van der Waals surface area contributed by atoms with Gasteiger partial charge in [0, 0.05) is 18.8 Å². The summed E-state index contributed by atoms with van der Waals surface area (Å²) < 4.78 is 7.49. The van der Waals surface area contributed by atoms with Crippen LogP contribution in [0.2, 0.25) is 5.02 Å². The van der Waals surface area contributed by atoms with Crippen molar-refractivity contribution < 1.29 is 9.53 Å². The molecule has 0 spiro atoms. The van der Waals surface area contributed by atoms with Gasteiger partial charge in [-0.3, -0.25) is 4.79 Å². The number of rotatable bonds is 6. The zero-order valence-corrected chi connectivity index (χ0v) is 13.1. The molecule has 0 aliphatic carbocycles. The Balaban J connectivity index is 1.61. The summed E-state index contributed by atoms with van der Waals surface area (Å²) in [4.78, 5) is 15.9. The number of ether oxygens (including phenoxy) is 1. The fourth-order valence-electron chi connectivity index (χ4n) is 2.20. The maximum absolute atomic E-state index is 12.0. The molecule has 0 fully saturated rings. The average molecular weight is 327 g/mol. The molecule has 0 atom stereocenters. The van der Waals surface area contributed by atoms with Crippen molar-refractivity contribution >= 4 is 17.4 Å². The Morgan fingerprint density at radius 1 is 1.13 bits per heavy atom. The first-order valence-electron chi connectivity index (χ1n) is 7.19. The molecule has 3 aromatic rings. The summed E-state index contributed by atoms with van der Waals surface area (Å²) in [5.74, 6) is 1.42. The van der Waals surface area contributed by atoms with Gasteiger partial charge >= 0.3 is 0 Å². The van der Waals surface area contributed by atoms with Crippen LogP contribution in [0.25, 0.3) is 0 Å². The molecule has 2 aromatic carbocycles. The van der Waals surface area contributed by atoms with E-state index in [-0.39, 0.29) is 5.78 Å². The Bertz CT molecular complexity index is 783. The highest BCUT2D eigenvalue weighted by Crippen LogP contribution is 2.28. The molecule has 0 N–H and O–H groups in total. The molecule has 0 aliphatic heterocycles. The maximum Gasteiger partial charge on any atom is 0.156 e. The van der Waals surface area contributed by atoms with E-state index >= 15 is 0 Å². The van der Waals surface area contributed by atoms with Gasteiger partial charge in [0.1, 0.15) is 11.5 Å². The first-order valence-corrected chi connectivity index (χ1v) is 7.57. The number of hydrogen-bond acceptors (Lipinski definition) is 3. The molecule has 0 saturated heterocycles. The van der Waals surface area contributed by atoms with Crippen molar-refractivity contribution in [2.75, 3.05) is 0 Å². The fourth-order valence-corrected chi connectivity index (χ4v) is 2.37. The van der Waals surface area contributed by atoms with Crippen LogP contribution in [0.1, 0.15) is 5.56 Å². The van der Waals surface area contributed by atoms with Crippen LogP contribution in [0.5, 0.6) is 11.5 Å². The van der Waals surface area contributed by atoms with Crippen molar-refractivity contribution in [3.05, 3.63) is 77.8 Å². The van der Waals surface area contributed by atoms with E-state index in [0.717, 1.165) is 5.56 Å². The third-order valence-corrected chi connectivity index (χ3v) is 3.62. The van der Waals surface area contributed by atoms with Crippen molar-refractivity contribution in [1.82, 2.24) is 9.55 Å². The van der Waals surface area contributed by atoms with E-state index in [1.54, 1.807) is 29.4 Å². The van der Waals surface area contributed by atoms with Gasteiger partial charge in [-0.05, 0) is 29.8 Å². The second kappa shape index (κ2) is 7.11. The molecule has 0 radical (unpaired) electrons. The molecule has 1 aromatic heterocycles. The first-order chi connectivity index (χ1) is 11.2. The summed E-state index contributed by atoms with van der Waals surface area (Å²) in [7, 11) is 0. The van der Waals surface area contributed by atoms with Gasteiger partial charge in [0.05, 0.1) is 17.9 Å². The molecule has 1 heterocycles. The average Bonchev–Trinajstić information content (AvgIpc) is 3.04. The molecule has 0 bridgehead atoms. The predicted molar refractivity (Wildman–Crippen MR) is 88.9 cm³/mol. The molecule has 5 heteroatoms. The summed E-state index contributed by atoms with van der Waals surface area (Å²) in [5, 5.41) is 0.562. The topological polar surface area (TPSA) is 44.1 Å². The van der Waals surface area contributed by atoms with Crippen molar-refractivity contribution in [1.29, 1.82) is 0 Å². The molecule has 0 amide bonds. The van der Waals surface area contributed by atoms with Crippen LogP contribution in [-0.4, -0.2) is 15.3 Å². The molecular weight excluding hydrogens is 312 g/mol. The van der Waals surface area contributed by atoms with E-state index in [0.29, 0.717) is 29.5 Å². The maximum atomic E-state index is 12.0. The minimum atomic E-state index is 0.128. The first kappa shape index (κ1) is 15.3.